The van der Waals surface area contributed by atoms with Crippen molar-refractivity contribution in [3.63, 3.8) is 0 Å². The summed E-state index contributed by atoms with van der Waals surface area (Å²) in [7, 11) is -2.30. The standard InChI is InChI=1S/C16H16N2O4S/c1-11(19)13-4-3-5-14(10-13)18-23(21,22)15-8-6-12(7-9-15)16(20)17-2/h3-10,18H,1-2H3,(H,17,20). The second-order valence-electron chi connectivity index (χ2n) is 4.85. The topological polar surface area (TPSA) is 92.3 Å². The molecule has 0 spiro atoms. The van der Waals surface area contributed by atoms with Crippen LogP contribution < -0.4 is 10.0 Å². The first-order valence-electron chi connectivity index (χ1n) is 6.79. The number of Topliss-reactive ketones (excluding diaryl/α,β-unsaturated/α-hetero) is 1. The maximum atomic E-state index is 12.3. The van der Waals surface area contributed by atoms with Crippen molar-refractivity contribution in [1.82, 2.24) is 5.32 Å². The van der Waals surface area contributed by atoms with Gasteiger partial charge in [-0.1, -0.05) is 12.1 Å². The molecule has 0 aromatic heterocycles. The Balaban J connectivity index is 2.27. The fourth-order valence-corrected chi connectivity index (χ4v) is 3.00. The summed E-state index contributed by atoms with van der Waals surface area (Å²) in [5.41, 5.74) is 1.08. The summed E-state index contributed by atoms with van der Waals surface area (Å²) in [5.74, 6) is -0.447. The number of benzene rings is 2. The van der Waals surface area contributed by atoms with Gasteiger partial charge in [0.2, 0.25) is 0 Å². The van der Waals surface area contributed by atoms with Crippen molar-refractivity contribution in [2.75, 3.05) is 11.8 Å². The van der Waals surface area contributed by atoms with Gasteiger partial charge in [0.15, 0.2) is 5.78 Å². The van der Waals surface area contributed by atoms with Gasteiger partial charge in [-0.25, -0.2) is 8.42 Å². The summed E-state index contributed by atoms with van der Waals surface area (Å²) in [5, 5.41) is 2.46. The van der Waals surface area contributed by atoms with Gasteiger partial charge in [0.05, 0.1) is 4.90 Å². The number of hydrogen-bond acceptors (Lipinski definition) is 4. The summed E-state index contributed by atoms with van der Waals surface area (Å²) in [6.07, 6.45) is 0. The highest BCUT2D eigenvalue weighted by atomic mass is 32.2. The minimum atomic E-state index is -3.80. The molecule has 23 heavy (non-hydrogen) atoms. The molecule has 0 aliphatic heterocycles. The first-order valence-corrected chi connectivity index (χ1v) is 8.28. The molecule has 0 aliphatic rings. The Morgan fingerprint density at radius 2 is 1.61 bits per heavy atom. The van der Waals surface area contributed by atoms with Crippen molar-refractivity contribution >= 4 is 27.4 Å². The Labute approximate surface area is 134 Å². The Kier molecular flexibility index (Phi) is 4.80. The monoisotopic (exact) mass is 332 g/mol. The molecule has 0 bridgehead atoms. The molecular weight excluding hydrogens is 316 g/mol. The zero-order chi connectivity index (χ0) is 17.0. The van der Waals surface area contributed by atoms with Gasteiger partial charge >= 0.3 is 0 Å². The van der Waals surface area contributed by atoms with Crippen LogP contribution >= 0.6 is 0 Å². The van der Waals surface area contributed by atoms with E-state index in [4.69, 9.17) is 0 Å². The molecule has 2 rings (SSSR count). The van der Waals surface area contributed by atoms with Gasteiger partial charge in [-0.3, -0.25) is 14.3 Å². The van der Waals surface area contributed by atoms with Crippen LogP contribution in [0.25, 0.3) is 0 Å². The molecule has 0 radical (unpaired) electrons. The normalized spacial score (nSPS) is 10.9. The largest absolute Gasteiger partial charge is 0.355 e. The molecule has 6 nitrogen and oxygen atoms in total. The average molecular weight is 332 g/mol. The van der Waals surface area contributed by atoms with Crippen molar-refractivity contribution < 1.29 is 18.0 Å². The van der Waals surface area contributed by atoms with Crippen LogP contribution in [0.2, 0.25) is 0 Å². The van der Waals surface area contributed by atoms with E-state index >= 15 is 0 Å². The minimum absolute atomic E-state index is 0.0263. The fourth-order valence-electron chi connectivity index (χ4n) is 1.95. The van der Waals surface area contributed by atoms with Crippen LogP contribution in [-0.4, -0.2) is 27.2 Å². The molecule has 0 heterocycles. The second-order valence-corrected chi connectivity index (χ2v) is 6.53. The van der Waals surface area contributed by atoms with Crippen LogP contribution in [-0.2, 0) is 10.0 Å². The lowest BCUT2D eigenvalue weighted by Gasteiger charge is -2.09. The van der Waals surface area contributed by atoms with Gasteiger partial charge < -0.3 is 5.32 Å². The second kappa shape index (κ2) is 6.62. The number of carbonyl (C=O) groups is 2. The highest BCUT2D eigenvalue weighted by molar-refractivity contribution is 7.92. The van der Waals surface area contributed by atoms with E-state index < -0.39 is 10.0 Å². The molecule has 0 aliphatic carbocycles. The van der Waals surface area contributed by atoms with Gasteiger partial charge in [0, 0.05) is 23.9 Å². The van der Waals surface area contributed by atoms with E-state index in [1.807, 2.05) is 0 Å². The number of anilines is 1. The predicted octanol–water partition coefficient (Wildman–Crippen LogP) is 2.05. The summed E-state index contributed by atoms with van der Waals surface area (Å²) in [6.45, 7) is 1.41. The lowest BCUT2D eigenvalue weighted by molar-refractivity contribution is 0.0961. The Morgan fingerprint density at radius 3 is 2.17 bits per heavy atom. The number of carbonyl (C=O) groups excluding carboxylic acids is 2. The maximum absolute atomic E-state index is 12.3. The molecule has 0 fully saturated rings. The number of hydrogen-bond donors (Lipinski definition) is 2. The van der Waals surface area contributed by atoms with Crippen molar-refractivity contribution in [1.29, 1.82) is 0 Å². The highest BCUT2D eigenvalue weighted by Gasteiger charge is 2.15. The van der Waals surface area contributed by atoms with Gasteiger partial charge in [0.25, 0.3) is 15.9 Å². The zero-order valence-corrected chi connectivity index (χ0v) is 13.5. The molecule has 1 amide bonds. The van der Waals surface area contributed by atoms with Gasteiger partial charge in [-0.05, 0) is 43.3 Å². The molecule has 2 N–H and O–H groups in total. The number of rotatable bonds is 5. The van der Waals surface area contributed by atoms with E-state index in [2.05, 4.69) is 10.0 Å². The molecule has 2 aromatic rings. The van der Waals surface area contributed by atoms with Gasteiger partial charge in [-0.2, -0.15) is 0 Å². The summed E-state index contributed by atoms with van der Waals surface area (Å²) < 4.78 is 27.1. The SMILES string of the molecule is CNC(=O)c1ccc(S(=O)(=O)Nc2cccc(C(C)=O)c2)cc1. The average Bonchev–Trinajstić information content (AvgIpc) is 2.54. The van der Waals surface area contributed by atoms with E-state index in [0.29, 0.717) is 16.8 Å². The van der Waals surface area contributed by atoms with E-state index in [0.717, 1.165) is 0 Å². The van der Waals surface area contributed by atoms with Crippen molar-refractivity contribution in [2.24, 2.45) is 0 Å². The number of ketones is 1. The fraction of sp³-hybridized carbons (Fsp3) is 0.125. The smallest absolute Gasteiger partial charge is 0.261 e. The molecule has 0 unspecified atom stereocenters. The van der Waals surface area contributed by atoms with E-state index in [1.165, 1.54) is 44.3 Å². The van der Waals surface area contributed by atoms with Gasteiger partial charge in [-0.15, -0.1) is 0 Å². The highest BCUT2D eigenvalue weighted by Crippen LogP contribution is 2.18. The van der Waals surface area contributed by atoms with Crippen LogP contribution in [0.1, 0.15) is 27.6 Å². The molecule has 7 heteroatoms. The molecule has 2 aromatic carbocycles. The van der Waals surface area contributed by atoms with Crippen molar-refractivity contribution in [2.45, 2.75) is 11.8 Å². The molecular formula is C16H16N2O4S. The maximum Gasteiger partial charge on any atom is 0.261 e. The van der Waals surface area contributed by atoms with Crippen LogP contribution in [0.3, 0.4) is 0 Å². The van der Waals surface area contributed by atoms with Crippen LogP contribution in [0.4, 0.5) is 5.69 Å². The molecule has 0 saturated carbocycles. The van der Waals surface area contributed by atoms with Crippen molar-refractivity contribution in [3.05, 3.63) is 59.7 Å². The van der Waals surface area contributed by atoms with E-state index in [1.54, 1.807) is 18.2 Å². The lowest BCUT2D eigenvalue weighted by Crippen LogP contribution is -2.18. The van der Waals surface area contributed by atoms with Crippen LogP contribution in [0.5, 0.6) is 0 Å². The summed E-state index contributed by atoms with van der Waals surface area (Å²) >= 11 is 0. The minimum Gasteiger partial charge on any atom is -0.355 e. The quantitative estimate of drug-likeness (QED) is 0.820. The number of amides is 1. The lowest BCUT2D eigenvalue weighted by atomic mass is 10.1. The number of nitrogens with one attached hydrogen (secondary N) is 2. The zero-order valence-electron chi connectivity index (χ0n) is 12.7. The Bertz CT molecular complexity index is 843. The van der Waals surface area contributed by atoms with Crippen LogP contribution in [0.15, 0.2) is 53.4 Å². The van der Waals surface area contributed by atoms with E-state index in [-0.39, 0.29) is 16.6 Å². The van der Waals surface area contributed by atoms with Crippen LogP contribution in [0, 0.1) is 0 Å². The third kappa shape index (κ3) is 3.95. The van der Waals surface area contributed by atoms with E-state index in [9.17, 15) is 18.0 Å². The first-order chi connectivity index (χ1) is 10.8. The molecule has 0 saturated heterocycles. The van der Waals surface area contributed by atoms with Gasteiger partial charge in [0.1, 0.15) is 0 Å². The molecule has 120 valence electrons. The third-order valence-electron chi connectivity index (χ3n) is 3.18. The number of sulfonamides is 1. The summed E-state index contributed by atoms with van der Waals surface area (Å²) in [6, 6.07) is 11.8. The molecule has 0 atom stereocenters. The first kappa shape index (κ1) is 16.7. The predicted molar refractivity (Wildman–Crippen MR) is 87.1 cm³/mol. The summed E-state index contributed by atoms with van der Waals surface area (Å²) in [4.78, 5) is 22.8. The Morgan fingerprint density at radius 1 is 0.957 bits per heavy atom. The Hall–Kier alpha value is -2.67. The van der Waals surface area contributed by atoms with Crippen molar-refractivity contribution in [3.8, 4) is 0 Å². The third-order valence-corrected chi connectivity index (χ3v) is 4.57.